The lowest BCUT2D eigenvalue weighted by atomic mass is 9.91. The molecule has 0 aliphatic rings. The second-order valence-corrected chi connectivity index (χ2v) is 10.7. The number of carbonyl (C=O) groups is 2. The van der Waals surface area contributed by atoms with Gasteiger partial charge in [0, 0.05) is 0 Å². The fraction of sp³-hybridized carbons (Fsp3) is 0.600. The Morgan fingerprint density at radius 3 is 2.00 bits per heavy atom. The van der Waals surface area contributed by atoms with Gasteiger partial charge < -0.3 is 10.1 Å². The van der Waals surface area contributed by atoms with Gasteiger partial charge in [-0.05, 0) is 50.3 Å². The van der Waals surface area contributed by atoms with E-state index in [0.717, 1.165) is 12.0 Å². The van der Waals surface area contributed by atoms with Crippen LogP contribution in [0.4, 0.5) is 0 Å². The summed E-state index contributed by atoms with van der Waals surface area (Å²) < 4.78 is 64.3. The summed E-state index contributed by atoms with van der Waals surface area (Å²) in [7, 11) is -8.38. The van der Waals surface area contributed by atoms with E-state index < -0.39 is 37.3 Å². The van der Waals surface area contributed by atoms with Crippen molar-refractivity contribution in [3.8, 4) is 0 Å². The fourth-order valence-electron chi connectivity index (χ4n) is 2.09. The van der Waals surface area contributed by atoms with Crippen molar-refractivity contribution in [3.05, 3.63) is 29.8 Å². The molecule has 0 aromatic heterocycles. The Morgan fingerprint density at radius 1 is 1.06 bits per heavy atom. The average Bonchev–Trinajstić information content (AvgIpc) is 2.69. The molecule has 0 aliphatic carbocycles. The molecule has 1 aromatic rings. The first-order chi connectivity index (χ1) is 14.5. The molecule has 0 aliphatic heterocycles. The Balaban J connectivity index is 0.000000618. The number of hydrogen-bond acceptors (Lipinski definition) is 7. The van der Waals surface area contributed by atoms with E-state index in [4.69, 9.17) is 13.8 Å². The van der Waals surface area contributed by atoms with Gasteiger partial charge in [0.1, 0.15) is 6.61 Å². The van der Waals surface area contributed by atoms with E-state index in [1.807, 2.05) is 6.92 Å². The predicted molar refractivity (Wildman–Crippen MR) is 119 cm³/mol. The SMILES string of the molecule is CCC(C)(C)C(=O)OCCNC(=O)CS(=O)(=O)O.CCC(C)c1ccc(S(=O)(=O)O)cc1. The number of amides is 1. The first-order valence-electron chi connectivity index (χ1n) is 10.00. The van der Waals surface area contributed by atoms with Gasteiger partial charge in [0.2, 0.25) is 5.91 Å². The third-order valence-corrected chi connectivity index (χ3v) is 6.26. The van der Waals surface area contributed by atoms with Gasteiger partial charge in [-0.15, -0.1) is 0 Å². The molecule has 32 heavy (non-hydrogen) atoms. The van der Waals surface area contributed by atoms with E-state index in [9.17, 15) is 26.4 Å². The molecule has 1 aromatic carbocycles. The van der Waals surface area contributed by atoms with Crippen molar-refractivity contribution in [3.63, 3.8) is 0 Å². The topological polar surface area (TPSA) is 164 Å². The van der Waals surface area contributed by atoms with Crippen molar-refractivity contribution in [2.75, 3.05) is 18.9 Å². The van der Waals surface area contributed by atoms with Crippen molar-refractivity contribution >= 4 is 32.1 Å². The highest BCUT2D eigenvalue weighted by Gasteiger charge is 2.26. The second kappa shape index (κ2) is 12.9. The minimum absolute atomic E-state index is 0.000111. The van der Waals surface area contributed by atoms with E-state index in [0.29, 0.717) is 12.3 Å². The molecule has 12 heteroatoms. The number of carbonyl (C=O) groups excluding carboxylic acids is 2. The lowest BCUT2D eigenvalue weighted by Crippen LogP contribution is -2.34. The largest absolute Gasteiger partial charge is 0.463 e. The van der Waals surface area contributed by atoms with E-state index in [2.05, 4.69) is 19.2 Å². The first kappa shape index (κ1) is 30.0. The summed E-state index contributed by atoms with van der Waals surface area (Å²) >= 11 is 0. The number of nitrogens with one attached hydrogen (secondary N) is 1. The van der Waals surface area contributed by atoms with Crippen LogP contribution >= 0.6 is 0 Å². The number of ether oxygens (including phenoxy) is 1. The lowest BCUT2D eigenvalue weighted by molar-refractivity contribution is -0.154. The van der Waals surface area contributed by atoms with Crippen LogP contribution in [-0.2, 0) is 34.6 Å². The number of esters is 1. The molecule has 3 N–H and O–H groups in total. The smallest absolute Gasteiger partial charge is 0.311 e. The fourth-order valence-corrected chi connectivity index (χ4v) is 3.01. The zero-order valence-electron chi connectivity index (χ0n) is 19.0. The van der Waals surface area contributed by atoms with Crippen LogP contribution in [0.5, 0.6) is 0 Å². The standard InChI is InChI=1S/C10H19NO6S.C10H14O3S/c1-4-10(2,3)9(13)17-6-5-11-8(12)7-18(14,15)16;1-3-8(2)9-4-6-10(7-5-9)14(11,12)13/h4-7H2,1-3H3,(H,11,12)(H,14,15,16);4-8H,3H2,1-2H3,(H,11,12,13). The molecule has 0 saturated heterocycles. The summed E-state index contributed by atoms with van der Waals surface area (Å²) in [4.78, 5) is 22.4. The highest BCUT2D eigenvalue weighted by molar-refractivity contribution is 7.86. The van der Waals surface area contributed by atoms with Crippen LogP contribution < -0.4 is 5.32 Å². The molecule has 1 rings (SSSR count). The maximum Gasteiger partial charge on any atom is 0.311 e. The molecule has 0 spiro atoms. The molecule has 1 unspecified atom stereocenters. The normalized spacial score (nSPS) is 12.8. The maximum absolute atomic E-state index is 11.5. The molecule has 0 bridgehead atoms. The summed E-state index contributed by atoms with van der Waals surface area (Å²) in [5.74, 6) is -1.82. The van der Waals surface area contributed by atoms with Gasteiger partial charge in [0.25, 0.3) is 20.2 Å². The summed E-state index contributed by atoms with van der Waals surface area (Å²) in [6.07, 6.45) is 1.63. The van der Waals surface area contributed by atoms with Crippen molar-refractivity contribution in [2.24, 2.45) is 5.41 Å². The van der Waals surface area contributed by atoms with E-state index in [1.165, 1.54) is 12.1 Å². The second-order valence-electron chi connectivity index (χ2n) is 7.80. The third kappa shape index (κ3) is 12.1. The van der Waals surface area contributed by atoms with Crippen LogP contribution in [0.3, 0.4) is 0 Å². The molecule has 0 fully saturated rings. The van der Waals surface area contributed by atoms with Gasteiger partial charge in [-0.2, -0.15) is 16.8 Å². The van der Waals surface area contributed by atoms with Crippen molar-refractivity contribution < 1.29 is 40.3 Å². The van der Waals surface area contributed by atoms with Crippen LogP contribution in [0, 0.1) is 5.41 Å². The van der Waals surface area contributed by atoms with Crippen LogP contribution in [0.1, 0.15) is 58.9 Å². The van der Waals surface area contributed by atoms with E-state index >= 15 is 0 Å². The maximum atomic E-state index is 11.5. The summed E-state index contributed by atoms with van der Waals surface area (Å²) in [5.41, 5.74) is 0.498. The molecule has 184 valence electrons. The van der Waals surface area contributed by atoms with Gasteiger partial charge in [-0.1, -0.05) is 32.9 Å². The predicted octanol–water partition coefficient (Wildman–Crippen LogP) is 2.42. The Hall–Kier alpha value is -2.02. The van der Waals surface area contributed by atoms with Crippen molar-refractivity contribution in [1.29, 1.82) is 0 Å². The zero-order valence-corrected chi connectivity index (χ0v) is 20.6. The molecule has 10 nitrogen and oxygen atoms in total. The van der Waals surface area contributed by atoms with Crippen LogP contribution in [0.2, 0.25) is 0 Å². The summed E-state index contributed by atoms with van der Waals surface area (Å²) in [5, 5.41) is 2.21. The summed E-state index contributed by atoms with van der Waals surface area (Å²) in [6, 6.07) is 6.32. The molecule has 1 atom stereocenters. The third-order valence-electron chi connectivity index (χ3n) is 4.77. The molecule has 1 amide bonds. The molecular formula is C20H33NO9S2. The number of benzene rings is 1. The molecule has 0 radical (unpaired) electrons. The van der Waals surface area contributed by atoms with Crippen LogP contribution in [0.25, 0.3) is 0 Å². The molecule has 0 saturated carbocycles. The minimum atomic E-state index is -4.32. The van der Waals surface area contributed by atoms with Gasteiger partial charge in [-0.3, -0.25) is 18.7 Å². The van der Waals surface area contributed by atoms with Gasteiger partial charge in [0.15, 0.2) is 5.75 Å². The van der Waals surface area contributed by atoms with Gasteiger partial charge in [-0.25, -0.2) is 0 Å². The van der Waals surface area contributed by atoms with Crippen molar-refractivity contribution in [1.82, 2.24) is 5.32 Å². The zero-order chi connectivity index (χ0) is 25.2. The van der Waals surface area contributed by atoms with Gasteiger partial charge >= 0.3 is 5.97 Å². The Bertz CT molecular complexity index is 953. The van der Waals surface area contributed by atoms with E-state index in [-0.39, 0.29) is 24.0 Å². The number of hydrogen-bond donors (Lipinski definition) is 3. The highest BCUT2D eigenvalue weighted by Crippen LogP contribution is 2.21. The van der Waals surface area contributed by atoms with Crippen molar-refractivity contribution in [2.45, 2.75) is 58.3 Å². The monoisotopic (exact) mass is 495 g/mol. The Labute approximate surface area is 190 Å². The van der Waals surface area contributed by atoms with Gasteiger partial charge in [0.05, 0.1) is 16.9 Å². The number of rotatable bonds is 10. The van der Waals surface area contributed by atoms with Crippen LogP contribution in [0.15, 0.2) is 29.2 Å². The van der Waals surface area contributed by atoms with E-state index in [1.54, 1.807) is 26.0 Å². The molecule has 0 heterocycles. The Morgan fingerprint density at radius 2 is 1.59 bits per heavy atom. The quantitative estimate of drug-likeness (QED) is 0.251. The minimum Gasteiger partial charge on any atom is -0.463 e. The van der Waals surface area contributed by atoms with Crippen LogP contribution in [-0.4, -0.2) is 56.7 Å². The average molecular weight is 496 g/mol. The lowest BCUT2D eigenvalue weighted by Gasteiger charge is -2.20. The summed E-state index contributed by atoms with van der Waals surface area (Å²) in [6.45, 7) is 9.44. The first-order valence-corrected chi connectivity index (χ1v) is 13.0. The Kier molecular flexibility index (Phi) is 12.1. The highest BCUT2D eigenvalue weighted by atomic mass is 32.2. The molecular weight excluding hydrogens is 462 g/mol.